The van der Waals surface area contributed by atoms with E-state index in [1.165, 1.54) is 12.1 Å². The number of ether oxygens (including phenoxy) is 2. The molecule has 5 heteroatoms. The molecule has 4 nitrogen and oxygen atoms in total. The van der Waals surface area contributed by atoms with Crippen molar-refractivity contribution in [2.24, 2.45) is 0 Å². The summed E-state index contributed by atoms with van der Waals surface area (Å²) in [5.74, 6) is 1.03. The predicted octanol–water partition coefficient (Wildman–Crippen LogP) is 3.23. The van der Waals surface area contributed by atoms with Gasteiger partial charge in [0.05, 0.1) is 20.3 Å². The number of aliphatic hydroxyl groups is 1. The molecular weight excluding hydrogens is 297 g/mol. The molecule has 0 radical (unpaired) electrons. The molecule has 0 spiro atoms. The Morgan fingerprint density at radius 3 is 2.22 bits per heavy atom. The van der Waals surface area contributed by atoms with Crippen molar-refractivity contribution in [1.82, 2.24) is 5.32 Å². The summed E-state index contributed by atoms with van der Waals surface area (Å²) in [6.45, 7) is 2.36. The molecule has 2 N–H and O–H groups in total. The SMILES string of the molecule is COc1ccc(C(C)NCC(O)c2ccc(F)cc2)cc1OC. The van der Waals surface area contributed by atoms with Crippen LogP contribution in [0.5, 0.6) is 11.5 Å². The second-order valence-electron chi connectivity index (χ2n) is 5.31. The van der Waals surface area contributed by atoms with Crippen LogP contribution >= 0.6 is 0 Å². The molecule has 0 aliphatic rings. The Morgan fingerprint density at radius 2 is 1.61 bits per heavy atom. The van der Waals surface area contributed by atoms with Crippen LogP contribution in [0.15, 0.2) is 42.5 Å². The average molecular weight is 319 g/mol. The van der Waals surface area contributed by atoms with Gasteiger partial charge in [-0.15, -0.1) is 0 Å². The van der Waals surface area contributed by atoms with Crippen LogP contribution in [-0.4, -0.2) is 25.9 Å². The molecule has 2 unspecified atom stereocenters. The molecule has 0 amide bonds. The predicted molar refractivity (Wildman–Crippen MR) is 87.3 cm³/mol. The van der Waals surface area contributed by atoms with E-state index in [2.05, 4.69) is 5.32 Å². The molecule has 0 fully saturated rings. The average Bonchev–Trinajstić information content (AvgIpc) is 2.59. The van der Waals surface area contributed by atoms with E-state index in [1.807, 2.05) is 25.1 Å². The van der Waals surface area contributed by atoms with E-state index in [0.29, 0.717) is 23.6 Å². The minimum absolute atomic E-state index is 0.0184. The number of aliphatic hydroxyl groups excluding tert-OH is 1. The van der Waals surface area contributed by atoms with Crippen LogP contribution in [0.4, 0.5) is 4.39 Å². The second kappa shape index (κ2) is 7.94. The first-order chi connectivity index (χ1) is 11.0. The van der Waals surface area contributed by atoms with Crippen molar-refractivity contribution in [3.63, 3.8) is 0 Å². The number of methoxy groups -OCH3 is 2. The fourth-order valence-corrected chi connectivity index (χ4v) is 2.33. The highest BCUT2D eigenvalue weighted by Crippen LogP contribution is 2.30. The minimum atomic E-state index is -0.696. The summed E-state index contributed by atoms with van der Waals surface area (Å²) in [4.78, 5) is 0. The monoisotopic (exact) mass is 319 g/mol. The number of hydrogen-bond acceptors (Lipinski definition) is 4. The van der Waals surface area contributed by atoms with Gasteiger partial charge in [0, 0.05) is 12.6 Å². The number of nitrogens with one attached hydrogen (secondary N) is 1. The van der Waals surface area contributed by atoms with Gasteiger partial charge in [-0.2, -0.15) is 0 Å². The van der Waals surface area contributed by atoms with Crippen molar-refractivity contribution < 1.29 is 19.0 Å². The normalized spacial score (nSPS) is 13.4. The fraction of sp³-hybridized carbons (Fsp3) is 0.333. The van der Waals surface area contributed by atoms with Gasteiger partial charge in [-0.1, -0.05) is 18.2 Å². The summed E-state index contributed by atoms with van der Waals surface area (Å²) in [6.07, 6.45) is -0.696. The zero-order valence-corrected chi connectivity index (χ0v) is 13.5. The Bertz CT molecular complexity index is 631. The maximum absolute atomic E-state index is 12.9. The highest BCUT2D eigenvalue weighted by atomic mass is 19.1. The molecule has 0 saturated heterocycles. The topological polar surface area (TPSA) is 50.7 Å². The van der Waals surface area contributed by atoms with Gasteiger partial charge in [-0.25, -0.2) is 4.39 Å². The number of hydrogen-bond donors (Lipinski definition) is 2. The number of halogens is 1. The minimum Gasteiger partial charge on any atom is -0.493 e. The third-order valence-corrected chi connectivity index (χ3v) is 3.78. The van der Waals surface area contributed by atoms with Gasteiger partial charge in [0.2, 0.25) is 0 Å². The quantitative estimate of drug-likeness (QED) is 0.823. The van der Waals surface area contributed by atoms with Crippen LogP contribution in [-0.2, 0) is 0 Å². The summed E-state index contributed by atoms with van der Waals surface area (Å²) in [5.41, 5.74) is 1.70. The van der Waals surface area contributed by atoms with Crippen molar-refractivity contribution in [3.05, 3.63) is 59.4 Å². The smallest absolute Gasteiger partial charge is 0.161 e. The summed E-state index contributed by atoms with van der Waals surface area (Å²) >= 11 is 0. The lowest BCUT2D eigenvalue weighted by molar-refractivity contribution is 0.170. The first-order valence-electron chi connectivity index (χ1n) is 7.44. The lowest BCUT2D eigenvalue weighted by Crippen LogP contribution is -2.24. The highest BCUT2D eigenvalue weighted by Gasteiger charge is 2.13. The van der Waals surface area contributed by atoms with Gasteiger partial charge in [0.25, 0.3) is 0 Å². The van der Waals surface area contributed by atoms with Crippen LogP contribution in [0.1, 0.15) is 30.2 Å². The molecule has 0 aliphatic heterocycles. The van der Waals surface area contributed by atoms with Crippen molar-refractivity contribution in [1.29, 1.82) is 0 Å². The van der Waals surface area contributed by atoms with E-state index in [-0.39, 0.29) is 11.9 Å². The maximum Gasteiger partial charge on any atom is 0.161 e. The van der Waals surface area contributed by atoms with Crippen molar-refractivity contribution in [2.75, 3.05) is 20.8 Å². The van der Waals surface area contributed by atoms with Crippen molar-refractivity contribution >= 4 is 0 Å². The molecule has 2 rings (SSSR count). The Kier molecular flexibility index (Phi) is 5.96. The summed E-state index contributed by atoms with van der Waals surface area (Å²) in [6, 6.07) is 11.6. The summed E-state index contributed by atoms with van der Waals surface area (Å²) in [7, 11) is 3.19. The van der Waals surface area contributed by atoms with Crippen LogP contribution in [0, 0.1) is 5.82 Å². The molecular formula is C18H22FNO3. The molecule has 2 aromatic rings. The number of rotatable bonds is 7. The zero-order valence-electron chi connectivity index (χ0n) is 13.5. The van der Waals surface area contributed by atoms with E-state index in [1.54, 1.807) is 26.4 Å². The first-order valence-corrected chi connectivity index (χ1v) is 7.44. The molecule has 0 aliphatic carbocycles. The Hall–Kier alpha value is -2.11. The standard InChI is InChI=1S/C18H22FNO3/c1-12(14-6-9-17(22-2)18(10-14)23-3)20-11-16(21)13-4-7-15(19)8-5-13/h4-10,12,16,20-21H,11H2,1-3H3. The maximum atomic E-state index is 12.9. The number of benzene rings is 2. The molecule has 0 bridgehead atoms. The van der Waals surface area contributed by atoms with Crippen LogP contribution < -0.4 is 14.8 Å². The Balaban J connectivity index is 1.98. The summed E-state index contributed by atoms with van der Waals surface area (Å²) < 4.78 is 23.4. The van der Waals surface area contributed by atoms with Gasteiger partial charge < -0.3 is 19.9 Å². The molecule has 0 aromatic heterocycles. The van der Waals surface area contributed by atoms with Gasteiger partial charge in [0.15, 0.2) is 11.5 Å². The molecule has 124 valence electrons. The highest BCUT2D eigenvalue weighted by molar-refractivity contribution is 5.43. The lowest BCUT2D eigenvalue weighted by atomic mass is 10.1. The van der Waals surface area contributed by atoms with E-state index >= 15 is 0 Å². The summed E-state index contributed by atoms with van der Waals surface area (Å²) in [5, 5.41) is 13.4. The van der Waals surface area contributed by atoms with Crippen molar-refractivity contribution in [3.8, 4) is 11.5 Å². The third kappa shape index (κ3) is 4.43. The van der Waals surface area contributed by atoms with Gasteiger partial charge in [-0.05, 0) is 42.3 Å². The molecule has 23 heavy (non-hydrogen) atoms. The third-order valence-electron chi connectivity index (χ3n) is 3.78. The van der Waals surface area contributed by atoms with E-state index in [0.717, 1.165) is 5.56 Å². The van der Waals surface area contributed by atoms with Crippen LogP contribution in [0.25, 0.3) is 0 Å². The van der Waals surface area contributed by atoms with Crippen LogP contribution in [0.2, 0.25) is 0 Å². The van der Waals surface area contributed by atoms with E-state index in [9.17, 15) is 9.50 Å². The lowest BCUT2D eigenvalue weighted by Gasteiger charge is -2.19. The van der Waals surface area contributed by atoms with Crippen LogP contribution in [0.3, 0.4) is 0 Å². The van der Waals surface area contributed by atoms with Gasteiger partial charge >= 0.3 is 0 Å². The van der Waals surface area contributed by atoms with Gasteiger partial charge in [0.1, 0.15) is 5.82 Å². The Labute approximate surface area is 135 Å². The van der Waals surface area contributed by atoms with Crippen molar-refractivity contribution in [2.45, 2.75) is 19.1 Å². The van der Waals surface area contributed by atoms with Gasteiger partial charge in [-0.3, -0.25) is 0 Å². The molecule has 0 heterocycles. The molecule has 2 aromatic carbocycles. The fourth-order valence-electron chi connectivity index (χ4n) is 2.33. The molecule has 2 atom stereocenters. The van der Waals surface area contributed by atoms with E-state index in [4.69, 9.17) is 9.47 Å². The Morgan fingerprint density at radius 1 is 1.00 bits per heavy atom. The first kappa shape index (κ1) is 17.2. The zero-order chi connectivity index (χ0) is 16.8. The second-order valence-corrected chi connectivity index (χ2v) is 5.31. The van der Waals surface area contributed by atoms with E-state index < -0.39 is 6.10 Å². The molecule has 0 saturated carbocycles. The largest absolute Gasteiger partial charge is 0.493 e.